The average molecular weight is 248 g/mol. The molecule has 1 aromatic heterocycles. The van der Waals surface area contributed by atoms with E-state index in [-0.39, 0.29) is 13.2 Å². The van der Waals surface area contributed by atoms with Gasteiger partial charge < -0.3 is 24.8 Å². The molecule has 1 rings (SSSR count). The molecule has 0 saturated heterocycles. The number of furan rings is 1. The summed E-state index contributed by atoms with van der Waals surface area (Å²) in [5.74, 6) is -0.696. The zero-order chi connectivity index (χ0) is 13.8. The third kappa shape index (κ3) is 16.8. The van der Waals surface area contributed by atoms with Crippen molar-refractivity contribution < 1.29 is 34.4 Å². The molecule has 0 bridgehead atoms. The maximum atomic E-state index is 9.00. The van der Waals surface area contributed by atoms with Gasteiger partial charge in [-0.1, -0.05) is 0 Å². The molecule has 0 saturated carbocycles. The van der Waals surface area contributed by atoms with Crippen molar-refractivity contribution in [3.05, 3.63) is 23.7 Å². The first kappa shape index (κ1) is 17.5. The fraction of sp³-hybridized carbons (Fsp3) is 0.400. The number of carbonyl (C=O) groups is 2. The van der Waals surface area contributed by atoms with Gasteiger partial charge >= 0.3 is 0 Å². The smallest absolute Gasteiger partial charge is 0.300 e. The second-order valence-electron chi connectivity index (χ2n) is 2.72. The van der Waals surface area contributed by atoms with E-state index in [1.165, 1.54) is 0 Å². The van der Waals surface area contributed by atoms with Crippen molar-refractivity contribution in [3.63, 3.8) is 0 Å². The average Bonchev–Trinajstić information content (AvgIpc) is 2.63. The summed E-state index contributed by atoms with van der Waals surface area (Å²) >= 11 is 0. The lowest BCUT2D eigenvalue weighted by molar-refractivity contribution is -0.135. The van der Waals surface area contributed by atoms with E-state index in [9.17, 15) is 0 Å². The summed E-state index contributed by atoms with van der Waals surface area (Å²) in [5.41, 5.74) is 0. The van der Waals surface area contributed by atoms with Crippen LogP contribution in [0.5, 0.6) is 0 Å². The lowest BCUT2D eigenvalue weighted by Gasteiger charge is -1.86. The van der Waals surface area contributed by atoms with Crippen molar-refractivity contribution in [2.24, 2.45) is 0 Å². The van der Waals surface area contributed by atoms with Crippen LogP contribution in [0.1, 0.15) is 25.4 Å². The van der Waals surface area contributed by atoms with Crippen LogP contribution in [0.3, 0.4) is 0 Å². The van der Waals surface area contributed by atoms with Crippen LogP contribution in [-0.2, 0) is 22.8 Å². The Bertz CT molecular complexity index is 291. The number of rotatable bonds is 2. The SMILES string of the molecule is CC(=O)O.CC(=O)O.OCc1ccc(CO)o1. The Morgan fingerprint density at radius 2 is 1.24 bits per heavy atom. The fourth-order valence-corrected chi connectivity index (χ4v) is 0.592. The molecule has 7 heteroatoms. The first-order valence-electron chi connectivity index (χ1n) is 4.51. The van der Waals surface area contributed by atoms with Crippen LogP contribution >= 0.6 is 0 Å². The minimum absolute atomic E-state index is 0.111. The van der Waals surface area contributed by atoms with Gasteiger partial charge in [-0.15, -0.1) is 0 Å². The second-order valence-corrected chi connectivity index (χ2v) is 2.72. The van der Waals surface area contributed by atoms with E-state index in [2.05, 4.69) is 0 Å². The predicted octanol–water partition coefficient (Wildman–Crippen LogP) is 0.446. The van der Waals surface area contributed by atoms with Crippen molar-refractivity contribution in [2.45, 2.75) is 27.1 Å². The van der Waals surface area contributed by atoms with Crippen LogP contribution in [-0.4, -0.2) is 32.4 Å². The quantitative estimate of drug-likeness (QED) is 0.597. The second kappa shape index (κ2) is 10.7. The first-order valence-corrected chi connectivity index (χ1v) is 4.51. The monoisotopic (exact) mass is 248 g/mol. The molecule has 0 aliphatic heterocycles. The molecule has 0 spiro atoms. The number of aliphatic carboxylic acids is 2. The Morgan fingerprint density at radius 3 is 1.35 bits per heavy atom. The summed E-state index contributed by atoms with van der Waals surface area (Å²) in [6.07, 6.45) is 0. The maximum Gasteiger partial charge on any atom is 0.300 e. The van der Waals surface area contributed by atoms with Crippen LogP contribution in [0.2, 0.25) is 0 Å². The Hall–Kier alpha value is -1.86. The number of carboxylic acids is 2. The zero-order valence-electron chi connectivity index (χ0n) is 9.58. The van der Waals surface area contributed by atoms with Gasteiger partial charge in [-0.2, -0.15) is 0 Å². The van der Waals surface area contributed by atoms with E-state index < -0.39 is 11.9 Å². The summed E-state index contributed by atoms with van der Waals surface area (Å²) in [5, 5.41) is 31.8. The number of carboxylic acid groups (broad SMARTS) is 2. The largest absolute Gasteiger partial charge is 0.481 e. The highest BCUT2D eigenvalue weighted by Gasteiger charge is 1.96. The summed E-state index contributed by atoms with van der Waals surface area (Å²) in [4.78, 5) is 18.0. The molecule has 7 nitrogen and oxygen atoms in total. The normalized spacial score (nSPS) is 8.24. The van der Waals surface area contributed by atoms with Gasteiger partial charge in [-0.05, 0) is 12.1 Å². The van der Waals surface area contributed by atoms with E-state index in [1.54, 1.807) is 12.1 Å². The summed E-state index contributed by atoms with van der Waals surface area (Å²) in [6, 6.07) is 3.26. The van der Waals surface area contributed by atoms with Gasteiger partial charge in [0.2, 0.25) is 0 Å². The van der Waals surface area contributed by atoms with Crippen LogP contribution in [0.25, 0.3) is 0 Å². The molecule has 0 aliphatic rings. The molecule has 98 valence electrons. The molecule has 0 radical (unpaired) electrons. The first-order chi connectivity index (χ1) is 7.83. The Labute approximate surface area is 97.9 Å². The topological polar surface area (TPSA) is 128 Å². The highest BCUT2D eigenvalue weighted by molar-refractivity contribution is 5.63. The van der Waals surface area contributed by atoms with Crippen molar-refractivity contribution >= 4 is 11.9 Å². The van der Waals surface area contributed by atoms with E-state index in [1.807, 2.05) is 0 Å². The minimum atomic E-state index is -0.833. The van der Waals surface area contributed by atoms with Crippen molar-refractivity contribution in [1.82, 2.24) is 0 Å². The van der Waals surface area contributed by atoms with Gasteiger partial charge in [-0.25, -0.2) is 0 Å². The third-order valence-corrected chi connectivity index (χ3v) is 1.03. The van der Waals surface area contributed by atoms with Gasteiger partial charge in [-0.3, -0.25) is 9.59 Å². The fourth-order valence-electron chi connectivity index (χ4n) is 0.592. The zero-order valence-corrected chi connectivity index (χ0v) is 9.58. The number of hydrogen-bond donors (Lipinski definition) is 4. The highest BCUT2D eigenvalue weighted by Crippen LogP contribution is 2.06. The third-order valence-electron chi connectivity index (χ3n) is 1.03. The number of hydrogen-bond acceptors (Lipinski definition) is 5. The molecule has 17 heavy (non-hydrogen) atoms. The van der Waals surface area contributed by atoms with Gasteiger partial charge in [0.05, 0.1) is 0 Å². The molecule has 1 heterocycles. The van der Waals surface area contributed by atoms with E-state index in [0.29, 0.717) is 11.5 Å². The Kier molecular flexibility index (Phi) is 11.0. The van der Waals surface area contributed by atoms with Crippen molar-refractivity contribution in [1.29, 1.82) is 0 Å². The van der Waals surface area contributed by atoms with E-state index in [4.69, 9.17) is 34.4 Å². The van der Waals surface area contributed by atoms with Gasteiger partial charge in [0, 0.05) is 13.8 Å². The summed E-state index contributed by atoms with van der Waals surface area (Å²) in [7, 11) is 0. The number of aliphatic hydroxyl groups is 2. The van der Waals surface area contributed by atoms with E-state index >= 15 is 0 Å². The van der Waals surface area contributed by atoms with Crippen LogP contribution < -0.4 is 0 Å². The molecule has 0 aromatic carbocycles. The molecule has 1 aromatic rings. The number of aliphatic hydroxyl groups excluding tert-OH is 2. The highest BCUT2D eigenvalue weighted by atomic mass is 16.4. The van der Waals surface area contributed by atoms with Gasteiger partial charge in [0.25, 0.3) is 11.9 Å². The van der Waals surface area contributed by atoms with Crippen LogP contribution in [0.4, 0.5) is 0 Å². The summed E-state index contributed by atoms with van der Waals surface area (Å²) in [6.45, 7) is 1.94. The lowest BCUT2D eigenvalue weighted by atomic mass is 10.4. The van der Waals surface area contributed by atoms with Gasteiger partial charge in [0.1, 0.15) is 24.7 Å². The molecule has 0 unspecified atom stereocenters. The molecular weight excluding hydrogens is 232 g/mol. The van der Waals surface area contributed by atoms with Crippen LogP contribution in [0, 0.1) is 0 Å². The molecule has 0 amide bonds. The van der Waals surface area contributed by atoms with E-state index in [0.717, 1.165) is 13.8 Å². The Balaban J connectivity index is 0. The van der Waals surface area contributed by atoms with Crippen molar-refractivity contribution in [3.8, 4) is 0 Å². The lowest BCUT2D eigenvalue weighted by Crippen LogP contribution is -1.78. The van der Waals surface area contributed by atoms with Gasteiger partial charge in [0.15, 0.2) is 0 Å². The van der Waals surface area contributed by atoms with Crippen molar-refractivity contribution in [2.75, 3.05) is 0 Å². The summed E-state index contributed by atoms with van der Waals surface area (Å²) < 4.78 is 4.88. The standard InChI is InChI=1S/C6H8O3.2C2H4O2/c7-3-5-1-2-6(4-8)9-5;2*1-2(3)4/h1-2,7-8H,3-4H2;2*1H3,(H,3,4). The molecule has 4 N–H and O–H groups in total. The van der Waals surface area contributed by atoms with Crippen LogP contribution in [0.15, 0.2) is 16.5 Å². The Morgan fingerprint density at radius 1 is 1.00 bits per heavy atom. The molecule has 0 aliphatic carbocycles. The maximum absolute atomic E-state index is 9.00. The molecular formula is C10H16O7. The predicted molar refractivity (Wildman–Crippen MR) is 57.2 cm³/mol. The minimum Gasteiger partial charge on any atom is -0.481 e. The molecule has 0 atom stereocenters. The molecule has 0 fully saturated rings.